The van der Waals surface area contributed by atoms with E-state index in [0.717, 1.165) is 18.4 Å². The van der Waals surface area contributed by atoms with E-state index in [-0.39, 0.29) is 6.54 Å². The van der Waals surface area contributed by atoms with Crippen LogP contribution in [-0.4, -0.2) is 23.7 Å². The number of aliphatic hydroxyl groups excluding tert-OH is 1. The number of nitrogens with one attached hydrogen (secondary N) is 1. The number of hydrogen-bond acceptors (Lipinski definition) is 2. The van der Waals surface area contributed by atoms with Crippen LogP contribution in [0.2, 0.25) is 5.02 Å². The molecule has 19 heavy (non-hydrogen) atoms. The number of hydrogen-bond donors (Lipinski definition) is 3. The fourth-order valence-corrected chi connectivity index (χ4v) is 2.53. The molecule has 1 aromatic carbocycles. The van der Waals surface area contributed by atoms with Crippen LogP contribution in [0.4, 0.5) is 0 Å². The summed E-state index contributed by atoms with van der Waals surface area (Å²) in [7, 11) is 0. The molecule has 1 aromatic rings. The lowest BCUT2D eigenvalue weighted by Gasteiger charge is -2.13. The van der Waals surface area contributed by atoms with Crippen molar-refractivity contribution < 1.29 is 5.11 Å². The highest BCUT2D eigenvalue weighted by Crippen LogP contribution is 2.18. The van der Waals surface area contributed by atoms with E-state index in [9.17, 15) is 5.11 Å². The molecule has 1 fully saturated rings. The summed E-state index contributed by atoms with van der Waals surface area (Å²) in [5.41, 5.74) is 6.57. The van der Waals surface area contributed by atoms with Crippen LogP contribution in [0.15, 0.2) is 29.3 Å². The van der Waals surface area contributed by atoms with Crippen LogP contribution in [0.1, 0.15) is 37.4 Å². The van der Waals surface area contributed by atoms with Gasteiger partial charge in [-0.1, -0.05) is 36.6 Å². The standard InChI is InChI=1S/C14H20ClN3O/c15-11-5-3-4-10(8-11)13(19)9-17-14(16)18-12-6-1-2-7-12/h3-5,8,12-13,19H,1-2,6-7,9H2,(H3,16,17,18). The lowest BCUT2D eigenvalue weighted by Crippen LogP contribution is -2.38. The highest BCUT2D eigenvalue weighted by molar-refractivity contribution is 6.30. The second-order valence-corrected chi connectivity index (χ2v) is 5.36. The van der Waals surface area contributed by atoms with Crippen LogP contribution in [-0.2, 0) is 0 Å². The van der Waals surface area contributed by atoms with E-state index >= 15 is 0 Å². The highest BCUT2D eigenvalue weighted by atomic mass is 35.5. The number of nitrogens with zero attached hydrogens (tertiary/aromatic N) is 1. The third kappa shape index (κ3) is 4.40. The normalized spacial score (nSPS) is 18.5. The number of nitrogens with two attached hydrogens (primary N) is 1. The SMILES string of the molecule is NC(=NCC(O)c1cccc(Cl)c1)NC1CCCC1. The van der Waals surface area contributed by atoms with E-state index in [1.54, 1.807) is 12.1 Å². The minimum absolute atomic E-state index is 0.242. The van der Waals surface area contributed by atoms with Crippen molar-refractivity contribution in [3.8, 4) is 0 Å². The average Bonchev–Trinajstić information content (AvgIpc) is 2.88. The summed E-state index contributed by atoms with van der Waals surface area (Å²) in [5, 5.41) is 13.8. The molecule has 0 spiro atoms. The Morgan fingerprint density at radius 2 is 2.21 bits per heavy atom. The summed E-state index contributed by atoms with van der Waals surface area (Å²) in [6.45, 7) is 0.242. The van der Waals surface area contributed by atoms with Gasteiger partial charge < -0.3 is 16.2 Å². The summed E-state index contributed by atoms with van der Waals surface area (Å²) in [6.07, 6.45) is 4.11. The largest absolute Gasteiger partial charge is 0.386 e. The van der Waals surface area contributed by atoms with Crippen LogP contribution < -0.4 is 11.1 Å². The molecule has 0 radical (unpaired) electrons. The molecule has 4 nitrogen and oxygen atoms in total. The van der Waals surface area contributed by atoms with Gasteiger partial charge in [0.15, 0.2) is 5.96 Å². The van der Waals surface area contributed by atoms with Gasteiger partial charge in [0.2, 0.25) is 0 Å². The molecule has 2 rings (SSSR count). The Morgan fingerprint density at radius 3 is 2.89 bits per heavy atom. The van der Waals surface area contributed by atoms with Gasteiger partial charge in [-0.05, 0) is 30.5 Å². The maximum Gasteiger partial charge on any atom is 0.188 e. The number of halogens is 1. The minimum Gasteiger partial charge on any atom is -0.386 e. The monoisotopic (exact) mass is 281 g/mol. The van der Waals surface area contributed by atoms with Crippen LogP contribution in [0.5, 0.6) is 0 Å². The summed E-state index contributed by atoms with van der Waals surface area (Å²) in [4.78, 5) is 4.18. The van der Waals surface area contributed by atoms with Gasteiger partial charge in [0.05, 0.1) is 12.6 Å². The summed E-state index contributed by atoms with van der Waals surface area (Å²) in [5.74, 6) is 0.410. The van der Waals surface area contributed by atoms with Crippen molar-refractivity contribution in [2.45, 2.75) is 37.8 Å². The van der Waals surface area contributed by atoms with Crippen LogP contribution in [0.3, 0.4) is 0 Å². The van der Waals surface area contributed by atoms with E-state index in [1.165, 1.54) is 12.8 Å². The molecule has 0 aliphatic heterocycles. The van der Waals surface area contributed by atoms with E-state index in [1.807, 2.05) is 12.1 Å². The lowest BCUT2D eigenvalue weighted by molar-refractivity contribution is 0.187. The second-order valence-electron chi connectivity index (χ2n) is 4.92. The van der Waals surface area contributed by atoms with E-state index in [4.69, 9.17) is 17.3 Å². The van der Waals surface area contributed by atoms with E-state index in [0.29, 0.717) is 17.0 Å². The molecular formula is C14H20ClN3O. The molecule has 1 aliphatic carbocycles. The van der Waals surface area contributed by atoms with Crippen molar-refractivity contribution >= 4 is 17.6 Å². The Balaban J connectivity index is 1.86. The molecule has 1 saturated carbocycles. The number of rotatable bonds is 4. The van der Waals surface area contributed by atoms with Crippen molar-refractivity contribution in [3.05, 3.63) is 34.9 Å². The lowest BCUT2D eigenvalue weighted by atomic mass is 10.1. The van der Waals surface area contributed by atoms with Gasteiger partial charge in [0.1, 0.15) is 0 Å². The van der Waals surface area contributed by atoms with Gasteiger partial charge in [0.25, 0.3) is 0 Å². The van der Waals surface area contributed by atoms with Crippen molar-refractivity contribution in [2.75, 3.05) is 6.54 Å². The van der Waals surface area contributed by atoms with Crippen LogP contribution in [0, 0.1) is 0 Å². The Kier molecular flexibility index (Phi) is 5.05. The van der Waals surface area contributed by atoms with Gasteiger partial charge in [0, 0.05) is 11.1 Å². The zero-order chi connectivity index (χ0) is 13.7. The Morgan fingerprint density at radius 1 is 1.47 bits per heavy atom. The zero-order valence-corrected chi connectivity index (χ0v) is 11.6. The van der Waals surface area contributed by atoms with Gasteiger partial charge in [-0.15, -0.1) is 0 Å². The Bertz CT molecular complexity index is 444. The third-order valence-corrected chi connectivity index (χ3v) is 3.61. The highest BCUT2D eigenvalue weighted by Gasteiger charge is 2.15. The maximum absolute atomic E-state index is 10.0. The first kappa shape index (κ1) is 14.2. The molecule has 0 saturated heterocycles. The number of aliphatic hydroxyl groups is 1. The van der Waals surface area contributed by atoms with Gasteiger partial charge in [-0.25, -0.2) is 0 Å². The molecular weight excluding hydrogens is 262 g/mol. The van der Waals surface area contributed by atoms with Crippen molar-refractivity contribution in [3.63, 3.8) is 0 Å². The van der Waals surface area contributed by atoms with Crippen molar-refractivity contribution in [1.82, 2.24) is 5.32 Å². The molecule has 1 aliphatic rings. The second kappa shape index (κ2) is 6.78. The molecule has 1 unspecified atom stereocenters. The molecule has 1 atom stereocenters. The van der Waals surface area contributed by atoms with Crippen LogP contribution in [0.25, 0.3) is 0 Å². The van der Waals surface area contributed by atoms with Crippen LogP contribution >= 0.6 is 11.6 Å². The summed E-state index contributed by atoms with van der Waals surface area (Å²) < 4.78 is 0. The first-order valence-electron chi connectivity index (χ1n) is 6.65. The average molecular weight is 282 g/mol. The summed E-state index contributed by atoms with van der Waals surface area (Å²) in [6, 6.07) is 7.59. The first-order chi connectivity index (χ1) is 9.15. The fourth-order valence-electron chi connectivity index (χ4n) is 2.33. The smallest absolute Gasteiger partial charge is 0.188 e. The molecule has 0 heterocycles. The first-order valence-corrected chi connectivity index (χ1v) is 7.03. The summed E-state index contributed by atoms with van der Waals surface area (Å²) >= 11 is 5.88. The Labute approximate surface area is 118 Å². The minimum atomic E-state index is -0.678. The maximum atomic E-state index is 10.0. The predicted octanol–water partition coefficient (Wildman–Crippen LogP) is 2.22. The Hall–Kier alpha value is -1.26. The molecule has 4 N–H and O–H groups in total. The topological polar surface area (TPSA) is 70.6 Å². The van der Waals surface area contributed by atoms with Gasteiger partial charge in [-0.3, -0.25) is 4.99 Å². The van der Waals surface area contributed by atoms with Crippen molar-refractivity contribution in [2.24, 2.45) is 10.7 Å². The molecule has 5 heteroatoms. The number of aliphatic imine (C=N–C) groups is 1. The molecule has 0 amide bonds. The van der Waals surface area contributed by atoms with Crippen molar-refractivity contribution in [1.29, 1.82) is 0 Å². The zero-order valence-electron chi connectivity index (χ0n) is 10.8. The van der Waals surface area contributed by atoms with Gasteiger partial charge in [-0.2, -0.15) is 0 Å². The predicted molar refractivity (Wildman–Crippen MR) is 78.3 cm³/mol. The quantitative estimate of drug-likeness (QED) is 0.585. The van der Waals surface area contributed by atoms with E-state index in [2.05, 4.69) is 10.3 Å². The van der Waals surface area contributed by atoms with E-state index < -0.39 is 6.10 Å². The van der Waals surface area contributed by atoms with Gasteiger partial charge >= 0.3 is 0 Å². The number of benzene rings is 1. The fraction of sp³-hybridized carbons (Fsp3) is 0.500. The molecule has 104 valence electrons. The molecule has 0 aromatic heterocycles. The number of guanidine groups is 1. The molecule has 0 bridgehead atoms. The third-order valence-electron chi connectivity index (χ3n) is 3.38.